The van der Waals surface area contributed by atoms with E-state index in [1.54, 1.807) is 18.2 Å². The molecule has 1 saturated heterocycles. The number of carbonyl (C=O) groups is 2. The second kappa shape index (κ2) is 6.85. The summed E-state index contributed by atoms with van der Waals surface area (Å²) in [7, 11) is 0. The standard InChI is InChI=1S/C17H19F2NO5/c1-2-23-16(22)17(18,19)9-12(20-7-3-4-15(20)21)11-5-6-13-14(8-11)25-10-24-13/h5-6,8,12H,2-4,7,9-10H2,1H3. The van der Waals surface area contributed by atoms with Crippen LogP contribution < -0.4 is 9.47 Å². The van der Waals surface area contributed by atoms with Crippen molar-refractivity contribution >= 4 is 11.9 Å². The number of benzene rings is 1. The monoisotopic (exact) mass is 355 g/mol. The number of hydrogen-bond donors (Lipinski definition) is 0. The lowest BCUT2D eigenvalue weighted by Crippen LogP contribution is -2.39. The summed E-state index contributed by atoms with van der Waals surface area (Å²) in [6.07, 6.45) is 0.0775. The van der Waals surface area contributed by atoms with Gasteiger partial charge in [0.2, 0.25) is 12.7 Å². The lowest BCUT2D eigenvalue weighted by Gasteiger charge is -2.30. The SMILES string of the molecule is CCOC(=O)C(F)(F)CC(c1ccc2c(c1)OCO2)N1CCCC1=O. The first-order valence-corrected chi connectivity index (χ1v) is 8.16. The van der Waals surface area contributed by atoms with E-state index in [0.717, 1.165) is 0 Å². The average molecular weight is 355 g/mol. The number of halogens is 2. The molecule has 25 heavy (non-hydrogen) atoms. The minimum atomic E-state index is -3.69. The number of fused-ring (bicyclic) bond motifs is 1. The molecular weight excluding hydrogens is 336 g/mol. The van der Waals surface area contributed by atoms with Crippen molar-refractivity contribution in [1.29, 1.82) is 0 Å². The number of likely N-dealkylation sites (tertiary alicyclic amines) is 1. The van der Waals surface area contributed by atoms with Crippen molar-refractivity contribution in [1.82, 2.24) is 4.90 Å². The highest BCUT2D eigenvalue weighted by atomic mass is 19.3. The van der Waals surface area contributed by atoms with Gasteiger partial charge >= 0.3 is 11.9 Å². The lowest BCUT2D eigenvalue weighted by atomic mass is 9.98. The molecule has 1 atom stereocenters. The van der Waals surface area contributed by atoms with Crippen molar-refractivity contribution in [2.75, 3.05) is 19.9 Å². The van der Waals surface area contributed by atoms with Crippen LogP contribution in [0.5, 0.6) is 11.5 Å². The Bertz CT molecular complexity index is 679. The van der Waals surface area contributed by atoms with Gasteiger partial charge in [0.25, 0.3) is 0 Å². The van der Waals surface area contributed by atoms with Crippen molar-refractivity contribution < 1.29 is 32.6 Å². The number of esters is 1. The Morgan fingerprint density at radius 2 is 2.12 bits per heavy atom. The zero-order chi connectivity index (χ0) is 18.0. The van der Waals surface area contributed by atoms with Crippen molar-refractivity contribution in [2.24, 2.45) is 0 Å². The molecule has 8 heteroatoms. The van der Waals surface area contributed by atoms with E-state index >= 15 is 0 Å². The predicted molar refractivity (Wildman–Crippen MR) is 82.5 cm³/mol. The van der Waals surface area contributed by atoms with E-state index in [2.05, 4.69) is 4.74 Å². The Kier molecular flexibility index (Phi) is 4.78. The molecule has 136 valence electrons. The summed E-state index contributed by atoms with van der Waals surface area (Å²) in [4.78, 5) is 25.1. The molecule has 0 bridgehead atoms. The Labute approximate surface area is 143 Å². The first kappa shape index (κ1) is 17.4. The van der Waals surface area contributed by atoms with Crippen LogP contribution in [0, 0.1) is 0 Å². The maximum absolute atomic E-state index is 14.3. The van der Waals surface area contributed by atoms with Crippen LogP contribution in [0.25, 0.3) is 0 Å². The molecule has 1 aromatic carbocycles. The fourth-order valence-electron chi connectivity index (χ4n) is 3.09. The number of alkyl halides is 2. The summed E-state index contributed by atoms with van der Waals surface area (Å²) in [5, 5.41) is 0. The predicted octanol–water partition coefficient (Wildman–Crippen LogP) is 2.67. The normalized spacial score (nSPS) is 17.7. The lowest BCUT2D eigenvalue weighted by molar-refractivity contribution is -0.175. The van der Waals surface area contributed by atoms with Crippen molar-refractivity contribution in [3.63, 3.8) is 0 Å². The van der Waals surface area contributed by atoms with Crippen LogP contribution in [0.15, 0.2) is 18.2 Å². The highest BCUT2D eigenvalue weighted by molar-refractivity contribution is 5.80. The van der Waals surface area contributed by atoms with Crippen LogP contribution in [-0.4, -0.2) is 42.6 Å². The molecular formula is C17H19F2NO5. The third kappa shape index (κ3) is 3.52. The summed E-state index contributed by atoms with van der Waals surface area (Å²) in [5.41, 5.74) is 0.475. The Morgan fingerprint density at radius 1 is 1.36 bits per heavy atom. The molecule has 3 rings (SSSR count). The van der Waals surface area contributed by atoms with E-state index in [1.165, 1.54) is 11.8 Å². The minimum Gasteiger partial charge on any atom is -0.462 e. The molecule has 6 nitrogen and oxygen atoms in total. The number of ether oxygens (including phenoxy) is 3. The summed E-state index contributed by atoms with van der Waals surface area (Å²) >= 11 is 0. The first-order valence-electron chi connectivity index (χ1n) is 8.16. The Hall–Kier alpha value is -2.38. The van der Waals surface area contributed by atoms with Crippen LogP contribution in [-0.2, 0) is 14.3 Å². The second-order valence-electron chi connectivity index (χ2n) is 5.95. The molecule has 1 amide bonds. The molecule has 0 aromatic heterocycles. The summed E-state index contributed by atoms with van der Waals surface area (Å²) in [5.74, 6) is -4.52. The number of amides is 1. The molecule has 0 aliphatic carbocycles. The minimum absolute atomic E-state index is 0.0606. The Balaban J connectivity index is 1.90. The van der Waals surface area contributed by atoms with Gasteiger partial charge in [0.1, 0.15) is 0 Å². The van der Waals surface area contributed by atoms with Crippen LogP contribution in [0.4, 0.5) is 8.78 Å². The van der Waals surface area contributed by atoms with Crippen LogP contribution in [0.3, 0.4) is 0 Å². The second-order valence-corrected chi connectivity index (χ2v) is 5.95. The van der Waals surface area contributed by atoms with E-state index in [4.69, 9.17) is 9.47 Å². The number of nitrogens with zero attached hydrogens (tertiary/aromatic N) is 1. The molecule has 1 fully saturated rings. The van der Waals surface area contributed by atoms with Gasteiger partial charge in [0.15, 0.2) is 11.5 Å². The van der Waals surface area contributed by atoms with Gasteiger partial charge in [0, 0.05) is 19.4 Å². The van der Waals surface area contributed by atoms with E-state index < -0.39 is 24.4 Å². The summed E-state index contributed by atoms with van der Waals surface area (Å²) in [6.45, 7) is 1.76. The number of carbonyl (C=O) groups excluding carboxylic acids is 2. The zero-order valence-electron chi connectivity index (χ0n) is 13.8. The maximum atomic E-state index is 14.3. The molecule has 0 spiro atoms. The molecule has 2 aliphatic heterocycles. The molecule has 2 aliphatic rings. The molecule has 0 radical (unpaired) electrons. The van der Waals surface area contributed by atoms with Gasteiger partial charge in [-0.05, 0) is 31.0 Å². The Morgan fingerprint density at radius 3 is 2.80 bits per heavy atom. The van der Waals surface area contributed by atoms with Crippen molar-refractivity contribution in [3.8, 4) is 11.5 Å². The van der Waals surface area contributed by atoms with Crippen LogP contribution in [0.1, 0.15) is 37.8 Å². The van der Waals surface area contributed by atoms with Crippen LogP contribution in [0.2, 0.25) is 0 Å². The third-order valence-electron chi connectivity index (χ3n) is 4.29. The van der Waals surface area contributed by atoms with Gasteiger partial charge in [-0.2, -0.15) is 8.78 Å². The third-order valence-corrected chi connectivity index (χ3v) is 4.29. The maximum Gasteiger partial charge on any atom is 0.377 e. The van der Waals surface area contributed by atoms with E-state index in [-0.39, 0.29) is 19.3 Å². The molecule has 1 aromatic rings. The van der Waals surface area contributed by atoms with Gasteiger partial charge in [-0.1, -0.05) is 6.07 Å². The molecule has 0 saturated carbocycles. The fourth-order valence-corrected chi connectivity index (χ4v) is 3.09. The number of rotatable bonds is 6. The fraction of sp³-hybridized carbons (Fsp3) is 0.529. The van der Waals surface area contributed by atoms with Gasteiger partial charge in [0.05, 0.1) is 12.6 Å². The quantitative estimate of drug-likeness (QED) is 0.734. The number of hydrogen-bond acceptors (Lipinski definition) is 5. The largest absolute Gasteiger partial charge is 0.462 e. The van der Waals surface area contributed by atoms with Gasteiger partial charge in [-0.3, -0.25) is 4.79 Å². The van der Waals surface area contributed by atoms with E-state index in [9.17, 15) is 18.4 Å². The summed E-state index contributed by atoms with van der Waals surface area (Å²) in [6, 6.07) is 3.88. The smallest absolute Gasteiger partial charge is 0.377 e. The van der Waals surface area contributed by atoms with Crippen LogP contribution >= 0.6 is 0 Å². The van der Waals surface area contributed by atoms with Crippen molar-refractivity contribution in [3.05, 3.63) is 23.8 Å². The highest BCUT2D eigenvalue weighted by Crippen LogP contribution is 2.40. The molecule has 1 unspecified atom stereocenters. The zero-order valence-corrected chi connectivity index (χ0v) is 13.8. The molecule has 2 heterocycles. The van der Waals surface area contributed by atoms with Crippen molar-refractivity contribution in [2.45, 2.75) is 38.2 Å². The highest BCUT2D eigenvalue weighted by Gasteiger charge is 2.46. The van der Waals surface area contributed by atoms with E-state index in [1.807, 2.05) is 0 Å². The topological polar surface area (TPSA) is 65.1 Å². The summed E-state index contributed by atoms with van der Waals surface area (Å²) < 4.78 is 43.6. The van der Waals surface area contributed by atoms with Gasteiger partial charge in [-0.25, -0.2) is 4.79 Å². The first-order chi connectivity index (χ1) is 11.9. The molecule has 0 N–H and O–H groups in total. The van der Waals surface area contributed by atoms with E-state index in [0.29, 0.717) is 36.4 Å². The van der Waals surface area contributed by atoms with Gasteiger partial charge < -0.3 is 19.1 Å². The average Bonchev–Trinajstić information content (AvgIpc) is 3.20. The van der Waals surface area contributed by atoms with Gasteiger partial charge in [-0.15, -0.1) is 0 Å².